The summed E-state index contributed by atoms with van der Waals surface area (Å²) in [6.45, 7) is 0. The summed E-state index contributed by atoms with van der Waals surface area (Å²) in [7, 11) is 3.93. The first kappa shape index (κ1) is 9.95. The molecule has 1 aliphatic carbocycles. The van der Waals surface area contributed by atoms with E-state index in [4.69, 9.17) is 9.73 Å². The number of fused-ring (bicyclic) bond motifs is 3. The second kappa shape index (κ2) is 3.25. The van der Waals surface area contributed by atoms with Crippen LogP contribution in [0.2, 0.25) is 0 Å². The number of hydrogen-bond acceptors (Lipinski definition) is 3. The first-order valence-corrected chi connectivity index (χ1v) is 6.19. The van der Waals surface area contributed by atoms with Gasteiger partial charge in [-0.25, -0.2) is 4.99 Å². The van der Waals surface area contributed by atoms with Crippen LogP contribution in [0.1, 0.15) is 23.3 Å². The van der Waals surface area contributed by atoms with E-state index in [0.717, 1.165) is 6.02 Å². The van der Waals surface area contributed by atoms with Crippen molar-refractivity contribution in [1.29, 1.82) is 0 Å². The number of amidine groups is 1. The molecule has 0 fully saturated rings. The van der Waals surface area contributed by atoms with Crippen LogP contribution in [-0.4, -0.2) is 25.0 Å². The third-order valence-corrected chi connectivity index (χ3v) is 3.75. The summed E-state index contributed by atoms with van der Waals surface area (Å²) in [4.78, 5) is 6.64. The Bertz CT molecular complexity index is 670. The number of ether oxygens (including phenoxy) is 1. The van der Waals surface area contributed by atoms with Crippen LogP contribution < -0.4 is 0 Å². The highest BCUT2D eigenvalue weighted by molar-refractivity contribution is 5.93. The van der Waals surface area contributed by atoms with Crippen LogP contribution in [0.25, 0.3) is 10.8 Å². The normalized spacial score (nSPS) is 23.8. The van der Waals surface area contributed by atoms with Crippen molar-refractivity contribution < 1.29 is 4.74 Å². The van der Waals surface area contributed by atoms with E-state index in [-0.39, 0.29) is 12.1 Å². The second-order valence-electron chi connectivity index (χ2n) is 5.08. The molecule has 0 aromatic heterocycles. The molecule has 0 radical (unpaired) electrons. The van der Waals surface area contributed by atoms with Gasteiger partial charge in [0, 0.05) is 19.7 Å². The van der Waals surface area contributed by atoms with Crippen LogP contribution in [0.4, 0.5) is 0 Å². The monoisotopic (exact) mass is 238 g/mol. The first-order valence-electron chi connectivity index (χ1n) is 6.19. The molecule has 0 amide bonds. The van der Waals surface area contributed by atoms with E-state index in [9.17, 15) is 0 Å². The topological polar surface area (TPSA) is 24.8 Å². The average molecular weight is 238 g/mol. The van der Waals surface area contributed by atoms with E-state index in [1.165, 1.54) is 21.9 Å². The van der Waals surface area contributed by atoms with Gasteiger partial charge in [-0.1, -0.05) is 36.4 Å². The minimum Gasteiger partial charge on any atom is -0.454 e. The molecule has 4 rings (SSSR count). The Morgan fingerprint density at radius 1 is 1.06 bits per heavy atom. The lowest BCUT2D eigenvalue weighted by Crippen LogP contribution is -2.22. The molecule has 0 spiro atoms. The minimum atomic E-state index is 0.0588. The predicted octanol–water partition coefficient (Wildman–Crippen LogP) is 2.88. The molecule has 1 aliphatic heterocycles. The lowest BCUT2D eigenvalue weighted by molar-refractivity contribution is 0.180. The molecule has 2 aromatic rings. The summed E-state index contributed by atoms with van der Waals surface area (Å²) < 4.78 is 6.00. The van der Waals surface area contributed by atoms with Gasteiger partial charge in [0.2, 0.25) is 0 Å². The van der Waals surface area contributed by atoms with Crippen LogP contribution in [0.3, 0.4) is 0 Å². The van der Waals surface area contributed by atoms with Gasteiger partial charge < -0.3 is 9.64 Å². The average Bonchev–Trinajstić information content (AvgIpc) is 2.92. The fourth-order valence-corrected chi connectivity index (χ4v) is 2.97. The van der Waals surface area contributed by atoms with Crippen molar-refractivity contribution in [3.63, 3.8) is 0 Å². The molecule has 0 unspecified atom stereocenters. The van der Waals surface area contributed by atoms with Gasteiger partial charge >= 0.3 is 0 Å². The third-order valence-electron chi connectivity index (χ3n) is 3.75. The molecule has 0 N–H and O–H groups in total. The van der Waals surface area contributed by atoms with Gasteiger partial charge in [0.15, 0.2) is 6.10 Å². The predicted molar refractivity (Wildman–Crippen MR) is 71.6 cm³/mol. The summed E-state index contributed by atoms with van der Waals surface area (Å²) in [5, 5.41) is 2.61. The molecule has 3 heteroatoms. The maximum atomic E-state index is 6.00. The van der Waals surface area contributed by atoms with E-state index in [1.807, 2.05) is 19.0 Å². The highest BCUT2D eigenvalue weighted by Crippen LogP contribution is 2.50. The first-order chi connectivity index (χ1) is 8.75. The zero-order valence-electron chi connectivity index (χ0n) is 10.4. The van der Waals surface area contributed by atoms with Gasteiger partial charge in [-0.3, -0.25) is 0 Å². The van der Waals surface area contributed by atoms with E-state index in [0.29, 0.717) is 0 Å². The maximum Gasteiger partial charge on any atom is 0.288 e. The van der Waals surface area contributed by atoms with E-state index >= 15 is 0 Å². The van der Waals surface area contributed by atoms with Crippen molar-refractivity contribution in [3.8, 4) is 0 Å². The van der Waals surface area contributed by atoms with Crippen molar-refractivity contribution in [1.82, 2.24) is 4.90 Å². The van der Waals surface area contributed by atoms with Gasteiger partial charge in [-0.15, -0.1) is 0 Å². The molecule has 0 bridgehead atoms. The number of aliphatic imine (C=N–C) groups is 1. The quantitative estimate of drug-likeness (QED) is 0.705. The highest BCUT2D eigenvalue weighted by atomic mass is 16.5. The van der Waals surface area contributed by atoms with Crippen molar-refractivity contribution in [2.24, 2.45) is 4.99 Å². The van der Waals surface area contributed by atoms with Gasteiger partial charge in [-0.05, 0) is 16.3 Å². The maximum absolute atomic E-state index is 6.00. The van der Waals surface area contributed by atoms with Gasteiger partial charge in [0.05, 0.1) is 0 Å². The smallest absolute Gasteiger partial charge is 0.288 e. The lowest BCUT2D eigenvalue weighted by Gasteiger charge is -2.15. The van der Waals surface area contributed by atoms with E-state index in [1.54, 1.807) is 0 Å². The van der Waals surface area contributed by atoms with Gasteiger partial charge in [0.1, 0.15) is 6.04 Å². The zero-order valence-corrected chi connectivity index (χ0v) is 10.4. The van der Waals surface area contributed by atoms with Crippen molar-refractivity contribution >= 4 is 16.8 Å². The molecule has 0 saturated carbocycles. The van der Waals surface area contributed by atoms with Crippen molar-refractivity contribution in [2.75, 3.05) is 14.1 Å². The lowest BCUT2D eigenvalue weighted by atomic mass is 10.0. The SMILES string of the molecule is CN(C)C1=N[C@@H]2c3cccc4cccc(c34)[C@@H]2O1. The van der Waals surface area contributed by atoms with Crippen LogP contribution in [-0.2, 0) is 4.74 Å². The molecule has 2 aromatic carbocycles. The summed E-state index contributed by atoms with van der Waals surface area (Å²) in [5.74, 6) is 0. The second-order valence-corrected chi connectivity index (χ2v) is 5.08. The highest BCUT2D eigenvalue weighted by Gasteiger charge is 2.41. The van der Waals surface area contributed by atoms with Crippen molar-refractivity contribution in [2.45, 2.75) is 12.1 Å². The number of benzene rings is 2. The van der Waals surface area contributed by atoms with Crippen LogP contribution >= 0.6 is 0 Å². The Morgan fingerprint density at radius 2 is 1.78 bits per heavy atom. The Hall–Kier alpha value is -2.03. The van der Waals surface area contributed by atoms with Crippen molar-refractivity contribution in [3.05, 3.63) is 47.5 Å². The van der Waals surface area contributed by atoms with Crippen LogP contribution in [0.15, 0.2) is 41.4 Å². The molecule has 1 heterocycles. The number of nitrogens with zero attached hydrogens (tertiary/aromatic N) is 2. The largest absolute Gasteiger partial charge is 0.454 e. The number of rotatable bonds is 0. The minimum absolute atomic E-state index is 0.0588. The molecular formula is C15H14N2O. The fraction of sp³-hybridized carbons (Fsp3) is 0.267. The fourth-order valence-electron chi connectivity index (χ4n) is 2.97. The van der Waals surface area contributed by atoms with E-state index < -0.39 is 0 Å². The molecule has 3 nitrogen and oxygen atoms in total. The van der Waals surface area contributed by atoms with Crippen LogP contribution in [0.5, 0.6) is 0 Å². The molecule has 18 heavy (non-hydrogen) atoms. The molecule has 2 atom stereocenters. The third kappa shape index (κ3) is 1.11. The summed E-state index contributed by atoms with van der Waals surface area (Å²) >= 11 is 0. The molecule has 0 saturated heterocycles. The van der Waals surface area contributed by atoms with Gasteiger partial charge in [0.25, 0.3) is 6.02 Å². The standard InChI is InChI=1S/C15H14N2O/c1-17(2)15-16-13-10-7-3-5-9-6-4-8-11(12(9)10)14(13)18-15/h3-8,13-14H,1-2H3/t13-,14+/m1/s1. The molecule has 90 valence electrons. The summed E-state index contributed by atoms with van der Waals surface area (Å²) in [5.41, 5.74) is 2.57. The zero-order chi connectivity index (χ0) is 12.3. The Morgan fingerprint density at radius 3 is 2.50 bits per heavy atom. The molecule has 2 aliphatic rings. The molecular weight excluding hydrogens is 224 g/mol. The Labute approximate surface area is 106 Å². The Kier molecular flexibility index (Phi) is 1.80. The van der Waals surface area contributed by atoms with Gasteiger partial charge in [-0.2, -0.15) is 0 Å². The Balaban J connectivity index is 1.96. The number of hydrogen-bond donors (Lipinski definition) is 0. The van der Waals surface area contributed by atoms with Crippen LogP contribution in [0, 0.1) is 0 Å². The summed E-state index contributed by atoms with van der Waals surface area (Å²) in [6, 6.07) is 13.7. The summed E-state index contributed by atoms with van der Waals surface area (Å²) in [6.07, 6.45) is 0.0588. The van der Waals surface area contributed by atoms with E-state index in [2.05, 4.69) is 36.4 Å².